The molecule has 0 amide bonds. The number of hydrogen-bond donors (Lipinski definition) is 0. The third-order valence-corrected chi connectivity index (χ3v) is 4.10. The summed E-state index contributed by atoms with van der Waals surface area (Å²) in [6.45, 7) is 1.60. The quantitative estimate of drug-likeness (QED) is 0.806. The largest absolute Gasteiger partial charge is 0.381 e. The molecule has 0 aliphatic carbocycles. The number of hydrogen-bond acceptors (Lipinski definition) is 2. The maximum absolute atomic E-state index is 6.37. The van der Waals surface area contributed by atoms with Crippen LogP contribution in [0.25, 0.3) is 11.0 Å². The van der Waals surface area contributed by atoms with Crippen molar-refractivity contribution >= 4 is 34.2 Å². The first kappa shape index (κ1) is 13.2. The average molecular weight is 299 g/mol. The second kappa shape index (κ2) is 5.70. The van der Waals surface area contributed by atoms with E-state index in [1.165, 1.54) is 0 Å². The number of ether oxygens (including phenoxy) is 1. The molecule has 0 saturated carbocycles. The molecule has 0 N–H and O–H groups in total. The van der Waals surface area contributed by atoms with Crippen LogP contribution in [-0.2, 0) is 11.2 Å². The topological polar surface area (TPSA) is 27.1 Å². The molecule has 19 heavy (non-hydrogen) atoms. The molecule has 102 valence electrons. The van der Waals surface area contributed by atoms with Crippen LogP contribution in [0.1, 0.15) is 24.7 Å². The molecule has 1 aromatic carbocycles. The number of alkyl halides is 1. The van der Waals surface area contributed by atoms with Crippen molar-refractivity contribution in [3.8, 4) is 0 Å². The fraction of sp³-hybridized carbons (Fsp3) is 0.500. The lowest BCUT2D eigenvalue weighted by Crippen LogP contribution is -2.21. The lowest BCUT2D eigenvalue weighted by Gasteiger charge is -2.26. The first-order chi connectivity index (χ1) is 9.31. The van der Waals surface area contributed by atoms with Gasteiger partial charge in [-0.1, -0.05) is 17.7 Å². The van der Waals surface area contributed by atoms with Crippen LogP contribution in [0, 0.1) is 0 Å². The Morgan fingerprint density at radius 2 is 2.11 bits per heavy atom. The maximum atomic E-state index is 6.37. The molecule has 3 nitrogen and oxygen atoms in total. The van der Waals surface area contributed by atoms with Gasteiger partial charge in [-0.25, -0.2) is 4.98 Å². The van der Waals surface area contributed by atoms with Crippen LogP contribution in [0.3, 0.4) is 0 Å². The summed E-state index contributed by atoms with van der Waals surface area (Å²) in [5.41, 5.74) is 2.00. The predicted molar refractivity (Wildman–Crippen MR) is 78.3 cm³/mol. The molecule has 2 heterocycles. The molecule has 2 aromatic rings. The Morgan fingerprint density at radius 1 is 1.32 bits per heavy atom. The molecule has 0 spiro atoms. The Balaban J connectivity index is 2.14. The Hall–Kier alpha value is -0.770. The SMILES string of the molecule is ClCCc1nc2cccc(Cl)c2n1C1CCOCC1. The zero-order valence-electron chi connectivity index (χ0n) is 10.6. The van der Waals surface area contributed by atoms with Gasteiger partial charge in [-0.3, -0.25) is 0 Å². The molecule has 0 atom stereocenters. The van der Waals surface area contributed by atoms with E-state index in [1.54, 1.807) is 0 Å². The van der Waals surface area contributed by atoms with Gasteiger partial charge in [-0.2, -0.15) is 0 Å². The molecule has 1 aliphatic rings. The fourth-order valence-electron chi connectivity index (χ4n) is 2.75. The Kier molecular flexibility index (Phi) is 3.96. The molecular formula is C14H16Cl2N2O. The van der Waals surface area contributed by atoms with E-state index >= 15 is 0 Å². The standard InChI is InChI=1S/C14H16Cl2N2O/c15-7-4-13-17-12-3-1-2-11(16)14(12)18(13)10-5-8-19-9-6-10/h1-3,10H,4-9H2. The molecule has 0 bridgehead atoms. The second-order valence-corrected chi connectivity index (χ2v) is 5.57. The summed E-state index contributed by atoms with van der Waals surface area (Å²) in [6.07, 6.45) is 2.78. The van der Waals surface area contributed by atoms with E-state index in [2.05, 4.69) is 4.57 Å². The van der Waals surface area contributed by atoms with E-state index < -0.39 is 0 Å². The summed E-state index contributed by atoms with van der Waals surface area (Å²) >= 11 is 12.3. The molecule has 1 aromatic heterocycles. The zero-order valence-corrected chi connectivity index (χ0v) is 12.1. The number of benzene rings is 1. The van der Waals surface area contributed by atoms with Gasteiger partial charge >= 0.3 is 0 Å². The van der Waals surface area contributed by atoms with Gasteiger partial charge in [0.1, 0.15) is 5.82 Å². The van der Waals surface area contributed by atoms with Gasteiger partial charge in [0.2, 0.25) is 0 Å². The van der Waals surface area contributed by atoms with Crippen molar-refractivity contribution in [2.45, 2.75) is 25.3 Å². The number of halogens is 2. The monoisotopic (exact) mass is 298 g/mol. The number of imidazole rings is 1. The van der Waals surface area contributed by atoms with E-state index in [1.807, 2.05) is 18.2 Å². The number of para-hydroxylation sites is 1. The predicted octanol–water partition coefficient (Wildman–Crippen LogP) is 3.82. The smallest absolute Gasteiger partial charge is 0.111 e. The molecule has 1 saturated heterocycles. The molecule has 3 rings (SSSR count). The summed E-state index contributed by atoms with van der Waals surface area (Å²) in [5.74, 6) is 1.61. The van der Waals surface area contributed by atoms with Crippen LogP contribution in [0.15, 0.2) is 18.2 Å². The number of fused-ring (bicyclic) bond motifs is 1. The zero-order chi connectivity index (χ0) is 13.2. The summed E-state index contributed by atoms with van der Waals surface area (Å²) in [7, 11) is 0. The van der Waals surface area contributed by atoms with Crippen molar-refractivity contribution in [1.82, 2.24) is 9.55 Å². The van der Waals surface area contributed by atoms with Crippen molar-refractivity contribution in [3.05, 3.63) is 29.0 Å². The van der Waals surface area contributed by atoms with Gasteiger partial charge in [0.15, 0.2) is 0 Å². The van der Waals surface area contributed by atoms with E-state index in [0.717, 1.165) is 54.4 Å². The van der Waals surface area contributed by atoms with Gasteiger partial charge in [-0.15, -0.1) is 11.6 Å². The van der Waals surface area contributed by atoms with Crippen molar-refractivity contribution in [2.24, 2.45) is 0 Å². The normalized spacial score (nSPS) is 17.2. The van der Waals surface area contributed by atoms with Crippen molar-refractivity contribution in [3.63, 3.8) is 0 Å². The number of rotatable bonds is 3. The highest BCUT2D eigenvalue weighted by atomic mass is 35.5. The van der Waals surface area contributed by atoms with Gasteiger partial charge in [0.25, 0.3) is 0 Å². The average Bonchev–Trinajstić information content (AvgIpc) is 2.80. The number of aromatic nitrogens is 2. The maximum Gasteiger partial charge on any atom is 0.111 e. The van der Waals surface area contributed by atoms with Crippen LogP contribution in [0.4, 0.5) is 0 Å². The Labute approximate surface area is 122 Å². The summed E-state index contributed by atoms with van der Waals surface area (Å²) in [5, 5.41) is 0.761. The molecule has 1 aliphatic heterocycles. The van der Waals surface area contributed by atoms with Crippen LogP contribution in [0.5, 0.6) is 0 Å². The van der Waals surface area contributed by atoms with E-state index in [9.17, 15) is 0 Å². The van der Waals surface area contributed by atoms with Gasteiger partial charge in [0, 0.05) is 31.6 Å². The van der Waals surface area contributed by atoms with Gasteiger partial charge < -0.3 is 9.30 Å². The molecule has 0 radical (unpaired) electrons. The number of nitrogens with zero attached hydrogens (tertiary/aromatic N) is 2. The highest BCUT2D eigenvalue weighted by molar-refractivity contribution is 6.35. The summed E-state index contributed by atoms with van der Waals surface area (Å²) in [4.78, 5) is 4.69. The fourth-order valence-corrected chi connectivity index (χ4v) is 3.18. The molecule has 0 unspecified atom stereocenters. The lowest BCUT2D eigenvalue weighted by molar-refractivity contribution is 0.0699. The van der Waals surface area contributed by atoms with Gasteiger partial charge in [0.05, 0.1) is 16.1 Å². The van der Waals surface area contributed by atoms with Crippen molar-refractivity contribution in [1.29, 1.82) is 0 Å². The number of aryl methyl sites for hydroxylation is 1. The highest BCUT2D eigenvalue weighted by Crippen LogP contribution is 2.32. The Morgan fingerprint density at radius 3 is 2.84 bits per heavy atom. The highest BCUT2D eigenvalue weighted by Gasteiger charge is 2.22. The van der Waals surface area contributed by atoms with Crippen LogP contribution in [0.2, 0.25) is 5.02 Å². The first-order valence-electron chi connectivity index (χ1n) is 6.60. The van der Waals surface area contributed by atoms with Crippen molar-refractivity contribution in [2.75, 3.05) is 19.1 Å². The van der Waals surface area contributed by atoms with Crippen LogP contribution in [-0.4, -0.2) is 28.6 Å². The summed E-state index contributed by atoms with van der Waals surface area (Å²) < 4.78 is 7.73. The van der Waals surface area contributed by atoms with Crippen LogP contribution < -0.4 is 0 Å². The van der Waals surface area contributed by atoms with E-state index in [0.29, 0.717) is 11.9 Å². The minimum atomic E-state index is 0.414. The first-order valence-corrected chi connectivity index (χ1v) is 7.51. The minimum Gasteiger partial charge on any atom is -0.381 e. The summed E-state index contributed by atoms with van der Waals surface area (Å²) in [6, 6.07) is 6.29. The molecular weight excluding hydrogens is 283 g/mol. The third-order valence-electron chi connectivity index (χ3n) is 3.61. The molecule has 5 heteroatoms. The van der Waals surface area contributed by atoms with E-state index in [4.69, 9.17) is 32.9 Å². The minimum absolute atomic E-state index is 0.414. The lowest BCUT2D eigenvalue weighted by atomic mass is 10.1. The van der Waals surface area contributed by atoms with Gasteiger partial charge in [-0.05, 0) is 25.0 Å². The van der Waals surface area contributed by atoms with E-state index in [-0.39, 0.29) is 0 Å². The molecule has 1 fully saturated rings. The Bertz CT molecular complexity index is 576. The van der Waals surface area contributed by atoms with Crippen LogP contribution >= 0.6 is 23.2 Å². The third kappa shape index (κ3) is 2.47. The second-order valence-electron chi connectivity index (χ2n) is 4.79. The van der Waals surface area contributed by atoms with Crippen molar-refractivity contribution < 1.29 is 4.74 Å².